The summed E-state index contributed by atoms with van der Waals surface area (Å²) in [6, 6.07) is 5.67. The summed E-state index contributed by atoms with van der Waals surface area (Å²) in [6.45, 7) is 2.68. The standard InChI is InChI=1S/C22H30O5/c1-2-3-16-27-22(26)14-12-19-11-9-18(10-13-21(24)25)17-20(19)8-6-4-5-7-15-23/h9-14,17,23H,2-8,15-16H2,1H3,(H,24,25). The Morgan fingerprint density at radius 1 is 1.04 bits per heavy atom. The Morgan fingerprint density at radius 2 is 1.81 bits per heavy atom. The van der Waals surface area contributed by atoms with Crippen LogP contribution in [0.1, 0.15) is 62.1 Å². The van der Waals surface area contributed by atoms with E-state index < -0.39 is 5.97 Å². The summed E-state index contributed by atoms with van der Waals surface area (Å²) in [5.41, 5.74) is 2.80. The fraction of sp³-hybridized carbons (Fsp3) is 0.455. The molecule has 0 saturated carbocycles. The summed E-state index contributed by atoms with van der Waals surface area (Å²) < 4.78 is 5.13. The van der Waals surface area contributed by atoms with Crippen molar-refractivity contribution in [3.63, 3.8) is 0 Å². The molecular weight excluding hydrogens is 344 g/mol. The van der Waals surface area contributed by atoms with Crippen LogP contribution in [0.5, 0.6) is 0 Å². The van der Waals surface area contributed by atoms with Gasteiger partial charge in [-0.3, -0.25) is 0 Å². The minimum Gasteiger partial charge on any atom is -0.478 e. The number of carbonyl (C=O) groups excluding carboxylic acids is 1. The quantitative estimate of drug-likeness (QED) is 0.307. The highest BCUT2D eigenvalue weighted by atomic mass is 16.5. The van der Waals surface area contributed by atoms with Gasteiger partial charge in [-0.1, -0.05) is 44.4 Å². The lowest BCUT2D eigenvalue weighted by molar-refractivity contribution is -0.137. The van der Waals surface area contributed by atoms with Crippen LogP contribution in [0, 0.1) is 0 Å². The van der Waals surface area contributed by atoms with E-state index in [1.807, 2.05) is 25.1 Å². The molecule has 0 radical (unpaired) electrons. The predicted octanol–water partition coefficient (Wildman–Crippen LogP) is 4.24. The summed E-state index contributed by atoms with van der Waals surface area (Å²) in [4.78, 5) is 22.5. The van der Waals surface area contributed by atoms with Crippen LogP contribution in [-0.2, 0) is 20.7 Å². The lowest BCUT2D eigenvalue weighted by atomic mass is 9.97. The molecule has 148 valence electrons. The number of aliphatic hydroxyl groups is 1. The van der Waals surface area contributed by atoms with E-state index in [1.54, 1.807) is 12.2 Å². The van der Waals surface area contributed by atoms with Gasteiger partial charge in [-0.2, -0.15) is 0 Å². The van der Waals surface area contributed by atoms with Crippen LogP contribution in [0.2, 0.25) is 0 Å². The Kier molecular flexibility index (Phi) is 11.5. The molecule has 1 aromatic carbocycles. The second kappa shape index (κ2) is 13.8. The molecule has 0 aliphatic rings. The Morgan fingerprint density at radius 3 is 2.52 bits per heavy atom. The van der Waals surface area contributed by atoms with Gasteiger partial charge in [0.1, 0.15) is 0 Å². The molecule has 5 nitrogen and oxygen atoms in total. The monoisotopic (exact) mass is 374 g/mol. The molecule has 0 aromatic heterocycles. The molecule has 27 heavy (non-hydrogen) atoms. The summed E-state index contributed by atoms with van der Waals surface area (Å²) in [7, 11) is 0. The number of carbonyl (C=O) groups is 2. The molecule has 0 atom stereocenters. The van der Waals surface area contributed by atoms with Crippen molar-refractivity contribution in [2.45, 2.75) is 51.9 Å². The number of esters is 1. The van der Waals surface area contributed by atoms with E-state index in [0.717, 1.165) is 67.7 Å². The van der Waals surface area contributed by atoms with Crippen molar-refractivity contribution >= 4 is 24.1 Å². The number of aryl methyl sites for hydroxylation is 1. The van der Waals surface area contributed by atoms with Crippen LogP contribution in [0.4, 0.5) is 0 Å². The second-order valence-electron chi connectivity index (χ2n) is 6.37. The third kappa shape index (κ3) is 10.4. The third-order valence-electron chi connectivity index (χ3n) is 4.08. The number of hydrogen-bond donors (Lipinski definition) is 2. The van der Waals surface area contributed by atoms with Crippen LogP contribution in [-0.4, -0.2) is 35.4 Å². The predicted molar refractivity (Wildman–Crippen MR) is 107 cm³/mol. The minimum absolute atomic E-state index is 0.212. The highest BCUT2D eigenvalue weighted by Crippen LogP contribution is 2.18. The van der Waals surface area contributed by atoms with Crippen LogP contribution in [0.25, 0.3) is 12.2 Å². The van der Waals surface area contributed by atoms with Gasteiger partial charge in [0.15, 0.2) is 0 Å². The maximum atomic E-state index is 11.8. The first-order valence-electron chi connectivity index (χ1n) is 9.56. The molecule has 0 saturated heterocycles. The van der Waals surface area contributed by atoms with E-state index >= 15 is 0 Å². The number of aliphatic carboxylic acids is 1. The average molecular weight is 374 g/mol. The fourth-order valence-electron chi connectivity index (χ4n) is 2.58. The van der Waals surface area contributed by atoms with Gasteiger partial charge in [0.2, 0.25) is 0 Å². The van der Waals surface area contributed by atoms with Crippen molar-refractivity contribution in [2.75, 3.05) is 13.2 Å². The third-order valence-corrected chi connectivity index (χ3v) is 4.08. The number of hydrogen-bond acceptors (Lipinski definition) is 4. The normalized spacial score (nSPS) is 11.3. The van der Waals surface area contributed by atoms with Crippen LogP contribution >= 0.6 is 0 Å². The Labute approximate surface area is 161 Å². The molecule has 0 aliphatic heterocycles. The first-order chi connectivity index (χ1) is 13.1. The number of unbranched alkanes of at least 4 members (excludes halogenated alkanes) is 4. The van der Waals surface area contributed by atoms with Gasteiger partial charge < -0.3 is 14.9 Å². The molecular formula is C22H30O5. The van der Waals surface area contributed by atoms with E-state index in [-0.39, 0.29) is 12.6 Å². The summed E-state index contributed by atoms with van der Waals surface area (Å²) >= 11 is 0. The lowest BCUT2D eigenvalue weighted by Crippen LogP contribution is -2.02. The Hall–Kier alpha value is -2.40. The van der Waals surface area contributed by atoms with Crippen molar-refractivity contribution in [1.82, 2.24) is 0 Å². The van der Waals surface area contributed by atoms with Crippen LogP contribution in [0.3, 0.4) is 0 Å². The van der Waals surface area contributed by atoms with E-state index in [0.29, 0.717) is 6.61 Å². The first kappa shape index (κ1) is 22.6. The molecule has 0 unspecified atom stereocenters. The fourth-order valence-corrected chi connectivity index (χ4v) is 2.58. The summed E-state index contributed by atoms with van der Waals surface area (Å²) in [6.07, 6.45) is 12.3. The maximum absolute atomic E-state index is 11.8. The van der Waals surface area contributed by atoms with Crippen molar-refractivity contribution < 1.29 is 24.5 Å². The van der Waals surface area contributed by atoms with Gasteiger partial charge in [0.25, 0.3) is 0 Å². The zero-order valence-corrected chi connectivity index (χ0v) is 16.0. The van der Waals surface area contributed by atoms with Gasteiger partial charge >= 0.3 is 11.9 Å². The number of aliphatic hydroxyl groups excluding tert-OH is 1. The highest BCUT2D eigenvalue weighted by Gasteiger charge is 2.04. The first-order valence-corrected chi connectivity index (χ1v) is 9.56. The number of ether oxygens (including phenoxy) is 1. The largest absolute Gasteiger partial charge is 0.478 e. The second-order valence-corrected chi connectivity index (χ2v) is 6.37. The van der Waals surface area contributed by atoms with Gasteiger partial charge in [0.05, 0.1) is 6.61 Å². The smallest absolute Gasteiger partial charge is 0.330 e. The zero-order chi connectivity index (χ0) is 19.9. The summed E-state index contributed by atoms with van der Waals surface area (Å²) in [5, 5.41) is 17.6. The van der Waals surface area contributed by atoms with Crippen molar-refractivity contribution in [1.29, 1.82) is 0 Å². The van der Waals surface area contributed by atoms with Crippen molar-refractivity contribution in [3.8, 4) is 0 Å². The Bertz CT molecular complexity index is 646. The van der Waals surface area contributed by atoms with Gasteiger partial charge in [-0.25, -0.2) is 9.59 Å². The average Bonchev–Trinajstić information content (AvgIpc) is 2.65. The molecule has 2 N–H and O–H groups in total. The Balaban J connectivity index is 2.82. The minimum atomic E-state index is -0.987. The van der Waals surface area contributed by atoms with Crippen molar-refractivity contribution in [2.24, 2.45) is 0 Å². The molecule has 1 aromatic rings. The number of carboxylic acids is 1. The molecule has 0 fully saturated rings. The van der Waals surface area contributed by atoms with Gasteiger partial charge in [0, 0.05) is 18.8 Å². The molecule has 0 spiro atoms. The molecule has 0 aliphatic carbocycles. The topological polar surface area (TPSA) is 83.8 Å². The molecule has 0 amide bonds. The van der Waals surface area contributed by atoms with E-state index in [1.165, 1.54) is 6.08 Å². The van der Waals surface area contributed by atoms with Crippen LogP contribution in [0.15, 0.2) is 30.4 Å². The SMILES string of the molecule is CCCCOC(=O)C=Cc1ccc(C=CC(=O)O)cc1CCCCCCO. The number of rotatable bonds is 13. The van der Waals surface area contributed by atoms with E-state index in [9.17, 15) is 9.59 Å². The van der Waals surface area contributed by atoms with Gasteiger partial charge in [-0.15, -0.1) is 0 Å². The van der Waals surface area contributed by atoms with E-state index in [2.05, 4.69) is 0 Å². The van der Waals surface area contributed by atoms with Crippen molar-refractivity contribution in [3.05, 3.63) is 47.0 Å². The molecule has 0 heterocycles. The lowest BCUT2D eigenvalue weighted by Gasteiger charge is -2.08. The van der Waals surface area contributed by atoms with Crippen LogP contribution < -0.4 is 0 Å². The number of benzene rings is 1. The molecule has 5 heteroatoms. The highest BCUT2D eigenvalue weighted by molar-refractivity contribution is 5.88. The summed E-state index contributed by atoms with van der Waals surface area (Å²) in [5.74, 6) is -1.34. The zero-order valence-electron chi connectivity index (χ0n) is 16.0. The molecule has 1 rings (SSSR count). The van der Waals surface area contributed by atoms with Gasteiger partial charge in [-0.05, 0) is 54.5 Å². The maximum Gasteiger partial charge on any atom is 0.330 e. The number of carboxylic acid groups (broad SMARTS) is 1. The molecule has 0 bridgehead atoms. The van der Waals surface area contributed by atoms with E-state index in [4.69, 9.17) is 14.9 Å².